The molecular formula is C11H8N4O. The van der Waals surface area contributed by atoms with E-state index in [0.29, 0.717) is 0 Å². The number of nitrogens with one attached hydrogen (secondary N) is 1. The summed E-state index contributed by atoms with van der Waals surface area (Å²) in [6.45, 7) is 0. The molecule has 0 aliphatic carbocycles. The van der Waals surface area contributed by atoms with Crippen molar-refractivity contribution < 1.29 is 4.79 Å². The molecule has 0 bridgehead atoms. The molecule has 1 heterocycles. The monoisotopic (exact) mass is 212 g/mol. The molecule has 1 aromatic heterocycles. The zero-order valence-corrected chi connectivity index (χ0v) is 8.29. The lowest BCUT2D eigenvalue weighted by molar-refractivity contribution is -0.113. The Balaban J connectivity index is 2.28. The molecule has 16 heavy (non-hydrogen) atoms. The third-order valence-electron chi connectivity index (χ3n) is 2.10. The summed E-state index contributed by atoms with van der Waals surface area (Å²) in [5.41, 5.74) is 9.84. The van der Waals surface area contributed by atoms with Gasteiger partial charge >= 0.3 is 0 Å². The van der Waals surface area contributed by atoms with Crippen LogP contribution >= 0.6 is 0 Å². The van der Waals surface area contributed by atoms with Crippen LogP contribution in [-0.2, 0) is 4.79 Å². The van der Waals surface area contributed by atoms with Gasteiger partial charge in [0.1, 0.15) is 0 Å². The van der Waals surface area contributed by atoms with Gasteiger partial charge in [0, 0.05) is 16.1 Å². The standard InChI is InChI=1S/C11H8N4O/c12-15-14-11(16)6-5-9-7-8-3-1-2-4-10(8)13-9/h1-7,13H. The average molecular weight is 212 g/mol. The highest BCUT2D eigenvalue weighted by atomic mass is 16.1. The summed E-state index contributed by atoms with van der Waals surface area (Å²) in [6, 6.07) is 9.70. The second kappa shape index (κ2) is 4.33. The molecule has 1 amide bonds. The summed E-state index contributed by atoms with van der Waals surface area (Å²) in [5, 5.41) is 4.00. The predicted octanol–water partition coefficient (Wildman–Crippen LogP) is 3.02. The van der Waals surface area contributed by atoms with Crippen molar-refractivity contribution in [2.75, 3.05) is 0 Å². The van der Waals surface area contributed by atoms with Crippen molar-refractivity contribution in [3.8, 4) is 0 Å². The van der Waals surface area contributed by atoms with E-state index in [9.17, 15) is 4.79 Å². The first-order valence-electron chi connectivity index (χ1n) is 4.64. The van der Waals surface area contributed by atoms with Gasteiger partial charge < -0.3 is 4.98 Å². The Morgan fingerprint density at radius 1 is 1.44 bits per heavy atom. The van der Waals surface area contributed by atoms with Crippen LogP contribution in [0.1, 0.15) is 5.69 Å². The van der Waals surface area contributed by atoms with Gasteiger partial charge in [-0.1, -0.05) is 18.2 Å². The van der Waals surface area contributed by atoms with Gasteiger partial charge in [-0.25, -0.2) is 0 Å². The fourth-order valence-corrected chi connectivity index (χ4v) is 1.42. The Hall–Kier alpha value is -2.52. The number of carbonyl (C=O) groups is 1. The van der Waals surface area contributed by atoms with Crippen LogP contribution in [0.5, 0.6) is 0 Å². The van der Waals surface area contributed by atoms with E-state index in [0.717, 1.165) is 16.6 Å². The lowest BCUT2D eigenvalue weighted by Crippen LogP contribution is -1.82. The van der Waals surface area contributed by atoms with E-state index in [1.807, 2.05) is 30.3 Å². The number of H-pyrrole nitrogens is 1. The summed E-state index contributed by atoms with van der Waals surface area (Å²) in [5.74, 6) is -0.610. The molecule has 0 aliphatic rings. The highest BCUT2D eigenvalue weighted by molar-refractivity contribution is 5.93. The van der Waals surface area contributed by atoms with Crippen LogP contribution in [0.2, 0.25) is 0 Å². The number of aromatic amines is 1. The molecular weight excluding hydrogens is 204 g/mol. The van der Waals surface area contributed by atoms with Crippen LogP contribution in [-0.4, -0.2) is 10.9 Å². The van der Waals surface area contributed by atoms with Gasteiger partial charge in [0.05, 0.1) is 0 Å². The molecule has 2 rings (SSSR count). The molecule has 0 aliphatic heterocycles. The molecule has 1 aromatic carbocycles. The van der Waals surface area contributed by atoms with Gasteiger partial charge in [-0.05, 0) is 40.3 Å². The average Bonchev–Trinajstić information content (AvgIpc) is 2.69. The van der Waals surface area contributed by atoms with E-state index in [2.05, 4.69) is 15.0 Å². The number of amides is 1. The van der Waals surface area contributed by atoms with E-state index in [-0.39, 0.29) is 0 Å². The highest BCUT2D eigenvalue weighted by Crippen LogP contribution is 2.15. The zero-order chi connectivity index (χ0) is 11.4. The fraction of sp³-hybridized carbons (Fsp3) is 0. The molecule has 0 unspecified atom stereocenters. The normalized spacial score (nSPS) is 10.5. The van der Waals surface area contributed by atoms with E-state index >= 15 is 0 Å². The lowest BCUT2D eigenvalue weighted by Gasteiger charge is -1.84. The molecule has 0 saturated carbocycles. The van der Waals surface area contributed by atoms with Crippen LogP contribution in [0.3, 0.4) is 0 Å². The van der Waals surface area contributed by atoms with Crippen molar-refractivity contribution >= 4 is 22.9 Å². The van der Waals surface area contributed by atoms with Gasteiger partial charge in [0.25, 0.3) is 0 Å². The minimum absolute atomic E-state index is 0.610. The molecule has 5 heteroatoms. The summed E-state index contributed by atoms with van der Waals surface area (Å²) in [4.78, 5) is 16.4. The maximum atomic E-state index is 10.9. The number of rotatable bonds is 2. The molecule has 0 fully saturated rings. The van der Waals surface area contributed by atoms with Crippen molar-refractivity contribution in [1.82, 2.24) is 4.98 Å². The number of benzene rings is 1. The van der Waals surface area contributed by atoms with Crippen LogP contribution in [0.25, 0.3) is 27.4 Å². The van der Waals surface area contributed by atoms with Crippen molar-refractivity contribution in [3.05, 3.63) is 52.5 Å². The lowest BCUT2D eigenvalue weighted by atomic mass is 10.2. The minimum atomic E-state index is -0.610. The molecule has 2 aromatic rings. The van der Waals surface area contributed by atoms with E-state index in [4.69, 9.17) is 5.53 Å². The summed E-state index contributed by atoms with van der Waals surface area (Å²) in [6.07, 6.45) is 2.81. The number of azide groups is 1. The van der Waals surface area contributed by atoms with E-state index in [1.165, 1.54) is 6.08 Å². The van der Waals surface area contributed by atoms with Gasteiger partial charge in [0.15, 0.2) is 0 Å². The summed E-state index contributed by atoms with van der Waals surface area (Å²) < 4.78 is 0. The van der Waals surface area contributed by atoms with Crippen LogP contribution in [0.4, 0.5) is 0 Å². The summed E-state index contributed by atoms with van der Waals surface area (Å²) >= 11 is 0. The SMILES string of the molecule is [N-]=[N+]=NC(=O)C=Cc1cc2ccccc2[nH]1. The maximum Gasteiger partial charge on any atom is 0.242 e. The maximum absolute atomic E-state index is 10.9. The van der Waals surface area contributed by atoms with Crippen LogP contribution in [0.15, 0.2) is 41.5 Å². The number of carbonyl (C=O) groups excluding carboxylic acids is 1. The molecule has 1 N–H and O–H groups in total. The number of hydrogen-bond donors (Lipinski definition) is 1. The molecule has 5 nitrogen and oxygen atoms in total. The molecule has 0 radical (unpaired) electrons. The quantitative estimate of drug-likeness (QED) is 0.353. The van der Waals surface area contributed by atoms with Crippen molar-refractivity contribution in [2.45, 2.75) is 0 Å². The largest absolute Gasteiger partial charge is 0.355 e. The van der Waals surface area contributed by atoms with Gasteiger partial charge in [-0.15, -0.1) is 0 Å². The topological polar surface area (TPSA) is 81.6 Å². The third kappa shape index (κ3) is 2.10. The number of aromatic nitrogens is 1. The molecule has 78 valence electrons. The smallest absolute Gasteiger partial charge is 0.242 e. The van der Waals surface area contributed by atoms with Gasteiger partial charge in [0.2, 0.25) is 5.91 Å². The van der Waals surface area contributed by atoms with Gasteiger partial charge in [-0.3, -0.25) is 4.79 Å². The Kier molecular flexibility index (Phi) is 2.71. The van der Waals surface area contributed by atoms with E-state index in [1.54, 1.807) is 6.08 Å². The van der Waals surface area contributed by atoms with Gasteiger partial charge in [-0.2, -0.15) is 0 Å². The fourth-order valence-electron chi connectivity index (χ4n) is 1.42. The van der Waals surface area contributed by atoms with E-state index < -0.39 is 5.91 Å². The van der Waals surface area contributed by atoms with Crippen molar-refractivity contribution in [1.29, 1.82) is 0 Å². The van der Waals surface area contributed by atoms with Crippen molar-refractivity contribution in [2.24, 2.45) is 5.11 Å². The second-order valence-corrected chi connectivity index (χ2v) is 3.17. The first kappa shape index (κ1) is 10.0. The Labute approximate surface area is 91.0 Å². The zero-order valence-electron chi connectivity index (χ0n) is 8.29. The molecule has 0 spiro atoms. The summed E-state index contributed by atoms with van der Waals surface area (Å²) in [7, 11) is 0. The second-order valence-electron chi connectivity index (χ2n) is 3.17. The van der Waals surface area contributed by atoms with Crippen LogP contribution < -0.4 is 0 Å². The number of nitrogens with zero attached hydrogens (tertiary/aromatic N) is 3. The Morgan fingerprint density at radius 3 is 3.00 bits per heavy atom. The van der Waals surface area contributed by atoms with Crippen molar-refractivity contribution in [3.63, 3.8) is 0 Å². The highest BCUT2D eigenvalue weighted by Gasteiger charge is 1.96. The Bertz CT molecular complexity index is 572. The first-order valence-corrected chi connectivity index (χ1v) is 4.64. The third-order valence-corrected chi connectivity index (χ3v) is 2.10. The Morgan fingerprint density at radius 2 is 2.25 bits per heavy atom. The van der Waals surface area contributed by atoms with Crippen LogP contribution in [0, 0.1) is 0 Å². The minimum Gasteiger partial charge on any atom is -0.355 e. The predicted molar refractivity (Wildman–Crippen MR) is 61.5 cm³/mol. The number of hydrogen-bond acceptors (Lipinski definition) is 1. The number of para-hydroxylation sites is 1. The number of fused-ring (bicyclic) bond motifs is 1. The molecule has 0 atom stereocenters. The first-order chi connectivity index (χ1) is 7.79. The molecule has 0 saturated heterocycles.